The largest absolute Gasteiger partial charge is 0.573 e. The van der Waals surface area contributed by atoms with E-state index in [4.69, 9.17) is 9.52 Å². The second-order valence-electron chi connectivity index (χ2n) is 3.08. The highest BCUT2D eigenvalue weighted by Gasteiger charge is 2.30. The van der Waals surface area contributed by atoms with Crippen LogP contribution in [0.1, 0.15) is 0 Å². The van der Waals surface area contributed by atoms with Crippen LogP contribution in [0.25, 0.3) is 11.5 Å². The Morgan fingerprint density at radius 1 is 1.18 bits per heavy atom. The molecule has 0 amide bonds. The molecule has 0 spiro atoms. The first kappa shape index (κ1) is 11.3. The second-order valence-corrected chi connectivity index (χ2v) is 3.08. The lowest BCUT2D eigenvalue weighted by Gasteiger charge is -2.08. The minimum atomic E-state index is -4.72. The number of hydrogen-bond acceptors (Lipinski definition) is 4. The number of aromatic nitrogens is 1. The van der Waals surface area contributed by atoms with Gasteiger partial charge in [-0.05, 0) is 24.3 Å². The molecule has 0 bridgehead atoms. The van der Waals surface area contributed by atoms with Crippen LogP contribution in [-0.2, 0) is 0 Å². The summed E-state index contributed by atoms with van der Waals surface area (Å²) >= 11 is 0. The summed E-state index contributed by atoms with van der Waals surface area (Å²) in [7, 11) is 0. The molecule has 0 aliphatic carbocycles. The Bertz CT molecular complexity index is 504. The molecular formula is C10H6F3NO3. The normalized spacial score (nSPS) is 11.5. The van der Waals surface area contributed by atoms with E-state index in [2.05, 4.69) is 9.72 Å². The highest BCUT2D eigenvalue weighted by molar-refractivity contribution is 5.54. The third kappa shape index (κ3) is 2.90. The maximum absolute atomic E-state index is 11.9. The average molecular weight is 245 g/mol. The molecule has 90 valence electrons. The molecule has 0 aliphatic heterocycles. The number of hydrogen-bond donors (Lipinski definition) is 1. The molecular weight excluding hydrogens is 239 g/mol. The van der Waals surface area contributed by atoms with Gasteiger partial charge in [0, 0.05) is 5.56 Å². The van der Waals surface area contributed by atoms with Crippen LogP contribution in [0, 0.1) is 0 Å². The van der Waals surface area contributed by atoms with Gasteiger partial charge < -0.3 is 14.3 Å². The molecule has 1 N–H and O–H groups in total. The first-order chi connectivity index (χ1) is 7.94. The van der Waals surface area contributed by atoms with Gasteiger partial charge in [-0.15, -0.1) is 13.2 Å². The van der Waals surface area contributed by atoms with Crippen molar-refractivity contribution >= 4 is 0 Å². The zero-order valence-corrected chi connectivity index (χ0v) is 8.23. The van der Waals surface area contributed by atoms with Crippen molar-refractivity contribution in [3.63, 3.8) is 0 Å². The molecule has 0 unspecified atom stereocenters. The molecule has 1 aromatic carbocycles. The Balaban J connectivity index is 2.19. The van der Waals surface area contributed by atoms with E-state index >= 15 is 0 Å². The van der Waals surface area contributed by atoms with Crippen LogP contribution in [0.2, 0.25) is 0 Å². The van der Waals surface area contributed by atoms with Gasteiger partial charge in [-0.2, -0.15) is 4.98 Å². The molecule has 17 heavy (non-hydrogen) atoms. The van der Waals surface area contributed by atoms with Crippen molar-refractivity contribution in [1.82, 2.24) is 4.98 Å². The Kier molecular flexibility index (Phi) is 2.66. The van der Waals surface area contributed by atoms with E-state index in [1.165, 1.54) is 12.1 Å². The fraction of sp³-hybridized carbons (Fsp3) is 0.100. The van der Waals surface area contributed by atoms with Crippen LogP contribution >= 0.6 is 0 Å². The number of rotatable bonds is 2. The highest BCUT2D eigenvalue weighted by Crippen LogP contribution is 2.26. The van der Waals surface area contributed by atoms with E-state index in [0.29, 0.717) is 5.56 Å². The van der Waals surface area contributed by atoms with E-state index in [0.717, 1.165) is 18.4 Å². The fourth-order valence-electron chi connectivity index (χ4n) is 1.20. The number of oxazole rings is 1. The van der Waals surface area contributed by atoms with Crippen LogP contribution in [0.5, 0.6) is 11.6 Å². The second kappa shape index (κ2) is 4.00. The Morgan fingerprint density at radius 2 is 1.82 bits per heavy atom. The number of halogens is 3. The molecule has 0 saturated carbocycles. The zero-order chi connectivity index (χ0) is 12.5. The van der Waals surface area contributed by atoms with Gasteiger partial charge in [0.25, 0.3) is 5.88 Å². The summed E-state index contributed by atoms with van der Waals surface area (Å²) in [4.78, 5) is 3.61. The number of alkyl halides is 3. The lowest BCUT2D eigenvalue weighted by Crippen LogP contribution is -2.16. The van der Waals surface area contributed by atoms with Gasteiger partial charge in [0.15, 0.2) is 6.26 Å². The summed E-state index contributed by atoms with van der Waals surface area (Å²) in [5, 5.41) is 8.94. The van der Waals surface area contributed by atoms with Crippen molar-refractivity contribution in [2.75, 3.05) is 0 Å². The van der Waals surface area contributed by atoms with Gasteiger partial charge in [-0.1, -0.05) is 0 Å². The zero-order valence-electron chi connectivity index (χ0n) is 8.23. The number of aromatic hydroxyl groups is 1. The molecule has 4 nitrogen and oxygen atoms in total. The van der Waals surface area contributed by atoms with E-state index in [-0.39, 0.29) is 17.5 Å². The first-order valence-corrected chi connectivity index (χ1v) is 4.45. The van der Waals surface area contributed by atoms with E-state index in [9.17, 15) is 13.2 Å². The molecule has 2 rings (SSSR count). The number of ether oxygens (including phenoxy) is 1. The summed E-state index contributed by atoms with van der Waals surface area (Å²) in [6.07, 6.45) is -3.70. The minimum Gasteiger partial charge on any atom is -0.491 e. The summed E-state index contributed by atoms with van der Waals surface area (Å²) in [6.45, 7) is 0. The average Bonchev–Trinajstić information content (AvgIpc) is 2.63. The highest BCUT2D eigenvalue weighted by atomic mass is 19.4. The van der Waals surface area contributed by atoms with Crippen LogP contribution in [-0.4, -0.2) is 16.5 Å². The van der Waals surface area contributed by atoms with Gasteiger partial charge >= 0.3 is 6.36 Å². The Morgan fingerprint density at radius 3 is 2.29 bits per heavy atom. The van der Waals surface area contributed by atoms with Crippen LogP contribution in [0.4, 0.5) is 13.2 Å². The summed E-state index contributed by atoms with van der Waals surface area (Å²) < 4.78 is 44.2. The van der Waals surface area contributed by atoms with E-state index in [1.807, 2.05) is 0 Å². The topological polar surface area (TPSA) is 55.5 Å². The summed E-state index contributed by atoms with van der Waals surface area (Å²) in [6, 6.07) is 4.94. The molecule has 2 aromatic rings. The fourth-order valence-corrected chi connectivity index (χ4v) is 1.20. The summed E-state index contributed by atoms with van der Waals surface area (Å²) in [5.41, 5.74) is 0.430. The standard InChI is InChI=1S/C10H6F3NO3/c11-10(12,13)17-7-3-1-6(2-4-7)9-14-8(15)5-16-9/h1-5,15H. The van der Waals surface area contributed by atoms with Crippen LogP contribution in [0.3, 0.4) is 0 Å². The van der Waals surface area contributed by atoms with Gasteiger partial charge in [0.2, 0.25) is 5.89 Å². The van der Waals surface area contributed by atoms with Crippen molar-refractivity contribution in [1.29, 1.82) is 0 Å². The minimum absolute atomic E-state index is 0.112. The molecule has 0 fully saturated rings. The van der Waals surface area contributed by atoms with E-state index < -0.39 is 6.36 Å². The van der Waals surface area contributed by atoms with Crippen LogP contribution in [0.15, 0.2) is 34.9 Å². The monoisotopic (exact) mass is 245 g/mol. The van der Waals surface area contributed by atoms with Crippen molar-refractivity contribution in [2.24, 2.45) is 0 Å². The molecule has 1 heterocycles. The third-order valence-electron chi connectivity index (χ3n) is 1.83. The van der Waals surface area contributed by atoms with Gasteiger partial charge in [0.05, 0.1) is 0 Å². The van der Waals surface area contributed by atoms with E-state index in [1.54, 1.807) is 0 Å². The molecule has 0 aliphatic rings. The van der Waals surface area contributed by atoms with Crippen molar-refractivity contribution < 1.29 is 27.4 Å². The molecule has 0 radical (unpaired) electrons. The first-order valence-electron chi connectivity index (χ1n) is 4.45. The molecule has 1 aromatic heterocycles. The Hall–Kier alpha value is -2.18. The lowest BCUT2D eigenvalue weighted by atomic mass is 10.2. The maximum Gasteiger partial charge on any atom is 0.573 e. The van der Waals surface area contributed by atoms with Crippen molar-refractivity contribution in [3.8, 4) is 23.1 Å². The Labute approximate surface area is 93.3 Å². The summed E-state index contributed by atoms with van der Waals surface area (Å²) in [5.74, 6) is -0.520. The van der Waals surface area contributed by atoms with Crippen molar-refractivity contribution in [3.05, 3.63) is 30.5 Å². The molecule has 7 heteroatoms. The van der Waals surface area contributed by atoms with Crippen LogP contribution < -0.4 is 4.74 Å². The maximum atomic E-state index is 11.9. The SMILES string of the molecule is Oc1coc(-c2ccc(OC(F)(F)F)cc2)n1. The smallest absolute Gasteiger partial charge is 0.491 e. The number of benzene rings is 1. The number of nitrogens with zero attached hydrogens (tertiary/aromatic N) is 1. The van der Waals surface area contributed by atoms with Gasteiger partial charge in [0.1, 0.15) is 5.75 Å². The predicted molar refractivity (Wildman–Crippen MR) is 50.3 cm³/mol. The lowest BCUT2D eigenvalue weighted by molar-refractivity contribution is -0.274. The van der Waals surface area contributed by atoms with Crippen molar-refractivity contribution in [2.45, 2.75) is 6.36 Å². The predicted octanol–water partition coefficient (Wildman–Crippen LogP) is 2.95. The molecule has 0 saturated heterocycles. The van der Waals surface area contributed by atoms with Gasteiger partial charge in [-0.25, -0.2) is 0 Å². The molecule has 0 atom stereocenters. The van der Waals surface area contributed by atoms with Gasteiger partial charge in [-0.3, -0.25) is 0 Å². The quantitative estimate of drug-likeness (QED) is 0.883. The third-order valence-corrected chi connectivity index (χ3v) is 1.83.